The summed E-state index contributed by atoms with van der Waals surface area (Å²) in [6, 6.07) is 24.7. The lowest BCUT2D eigenvalue weighted by molar-refractivity contribution is -0.118. The van der Waals surface area contributed by atoms with E-state index >= 15 is 0 Å². The molecule has 0 saturated heterocycles. The van der Waals surface area contributed by atoms with E-state index in [4.69, 9.17) is 0 Å². The van der Waals surface area contributed by atoms with Crippen LogP contribution in [0.4, 0.5) is 16.2 Å². The van der Waals surface area contributed by atoms with Gasteiger partial charge < -0.3 is 15.5 Å². The molecule has 2 N–H and O–H groups in total. The van der Waals surface area contributed by atoms with Crippen LogP contribution in [-0.2, 0) is 11.3 Å². The maximum atomic E-state index is 13.0. The molecule has 0 radical (unpaired) electrons. The van der Waals surface area contributed by atoms with Gasteiger partial charge in [-0.15, -0.1) is 0 Å². The lowest BCUT2D eigenvalue weighted by atomic mass is 9.85. The maximum absolute atomic E-state index is 13.0. The summed E-state index contributed by atoms with van der Waals surface area (Å²) in [7, 11) is 0. The Morgan fingerprint density at radius 3 is 2.07 bits per heavy atom. The number of anilines is 2. The van der Waals surface area contributed by atoms with Crippen molar-refractivity contribution in [2.75, 3.05) is 10.6 Å². The molecule has 5 rings (SSSR count). The number of nitrogens with one attached hydrogen (secondary N) is 2. The minimum absolute atomic E-state index is 0.0752. The highest BCUT2D eigenvalue weighted by atomic mass is 16.2. The van der Waals surface area contributed by atoms with E-state index in [1.165, 1.54) is 0 Å². The van der Waals surface area contributed by atoms with Gasteiger partial charge in [0.05, 0.1) is 12.0 Å². The third-order valence-electron chi connectivity index (χ3n) is 5.47. The normalized spacial score (nSPS) is 20.2. The molecule has 3 aromatic rings. The van der Waals surface area contributed by atoms with E-state index in [1.54, 1.807) is 4.90 Å². The zero-order chi connectivity index (χ0) is 19.1. The molecule has 5 nitrogen and oxygen atoms in total. The largest absolute Gasteiger partial charge is 0.325 e. The van der Waals surface area contributed by atoms with Gasteiger partial charge in [0.15, 0.2) is 0 Å². The van der Waals surface area contributed by atoms with Crippen LogP contribution in [0.15, 0.2) is 78.9 Å². The molecule has 0 fully saturated rings. The Morgan fingerprint density at radius 2 is 1.32 bits per heavy atom. The van der Waals surface area contributed by atoms with Crippen molar-refractivity contribution < 1.29 is 9.59 Å². The Bertz CT molecular complexity index is 1060. The molecule has 2 atom stereocenters. The number of carbonyl (C=O) groups excluding carboxylic acids is 2. The van der Waals surface area contributed by atoms with Gasteiger partial charge in [-0.2, -0.15) is 0 Å². The molecular formula is C23H19N3O2. The fourth-order valence-corrected chi connectivity index (χ4v) is 4.21. The predicted molar refractivity (Wildman–Crippen MR) is 108 cm³/mol. The minimum Gasteiger partial charge on any atom is -0.325 e. The molecule has 5 heteroatoms. The quantitative estimate of drug-likeness (QED) is 0.713. The van der Waals surface area contributed by atoms with Gasteiger partial charge in [-0.3, -0.25) is 4.79 Å². The molecule has 2 heterocycles. The molecule has 28 heavy (non-hydrogen) atoms. The van der Waals surface area contributed by atoms with Gasteiger partial charge in [-0.1, -0.05) is 66.7 Å². The molecule has 0 aliphatic carbocycles. The second-order valence-corrected chi connectivity index (χ2v) is 7.13. The summed E-state index contributed by atoms with van der Waals surface area (Å²) in [5, 5.41) is 5.96. The Kier molecular flexibility index (Phi) is 3.86. The summed E-state index contributed by atoms with van der Waals surface area (Å²) in [4.78, 5) is 27.8. The van der Waals surface area contributed by atoms with E-state index < -0.39 is 5.92 Å². The monoisotopic (exact) mass is 369 g/mol. The number of carbonyl (C=O) groups is 2. The number of benzene rings is 3. The third-order valence-corrected chi connectivity index (χ3v) is 5.47. The van der Waals surface area contributed by atoms with Crippen LogP contribution in [0.1, 0.15) is 28.7 Å². The standard InChI is InChI=1S/C23H19N3O2/c27-22-20(16-10-4-6-12-18(16)24-22)21-17-11-5-7-13-19(17)25-23(28)26(21)14-15-8-2-1-3-9-15/h1-13,20-21H,14H2,(H,24,27)(H,25,28). The Hall–Kier alpha value is -3.60. The predicted octanol–water partition coefficient (Wildman–Crippen LogP) is 4.51. The second-order valence-electron chi connectivity index (χ2n) is 7.13. The molecule has 3 aromatic carbocycles. The maximum Gasteiger partial charge on any atom is 0.322 e. The van der Waals surface area contributed by atoms with Gasteiger partial charge in [-0.25, -0.2) is 4.79 Å². The Morgan fingerprint density at radius 1 is 0.714 bits per heavy atom. The van der Waals surface area contributed by atoms with Crippen LogP contribution >= 0.6 is 0 Å². The average molecular weight is 369 g/mol. The summed E-state index contributed by atoms with van der Waals surface area (Å²) in [5.41, 5.74) is 4.49. The number of hydrogen-bond acceptors (Lipinski definition) is 2. The van der Waals surface area contributed by atoms with Crippen molar-refractivity contribution in [1.29, 1.82) is 0 Å². The highest BCUT2D eigenvalue weighted by Gasteiger charge is 2.45. The number of hydrogen-bond donors (Lipinski definition) is 2. The van der Waals surface area contributed by atoms with E-state index in [2.05, 4.69) is 10.6 Å². The number of urea groups is 1. The first-order valence-corrected chi connectivity index (χ1v) is 9.32. The van der Waals surface area contributed by atoms with Crippen LogP contribution in [0.5, 0.6) is 0 Å². The zero-order valence-electron chi connectivity index (χ0n) is 15.1. The van der Waals surface area contributed by atoms with E-state index in [9.17, 15) is 9.59 Å². The van der Waals surface area contributed by atoms with Crippen LogP contribution in [0.25, 0.3) is 0 Å². The van der Waals surface area contributed by atoms with Gasteiger partial charge >= 0.3 is 6.03 Å². The van der Waals surface area contributed by atoms with Gasteiger partial charge in [0.25, 0.3) is 0 Å². The van der Waals surface area contributed by atoms with Crippen molar-refractivity contribution in [1.82, 2.24) is 4.90 Å². The smallest absolute Gasteiger partial charge is 0.322 e. The molecule has 2 aliphatic rings. The summed E-state index contributed by atoms with van der Waals surface area (Å²) in [6.07, 6.45) is 0. The summed E-state index contributed by atoms with van der Waals surface area (Å²) >= 11 is 0. The van der Waals surface area contributed by atoms with E-state index in [0.717, 1.165) is 28.1 Å². The molecule has 0 saturated carbocycles. The first-order valence-electron chi connectivity index (χ1n) is 9.32. The van der Waals surface area contributed by atoms with Gasteiger partial charge in [0.2, 0.25) is 5.91 Å². The van der Waals surface area contributed by atoms with Crippen molar-refractivity contribution >= 4 is 23.3 Å². The second kappa shape index (κ2) is 6.53. The molecule has 3 amide bonds. The number of rotatable bonds is 3. The average Bonchev–Trinajstić information content (AvgIpc) is 3.05. The van der Waals surface area contributed by atoms with Gasteiger partial charge in [0, 0.05) is 17.9 Å². The Balaban J connectivity index is 1.64. The van der Waals surface area contributed by atoms with Crippen molar-refractivity contribution in [3.63, 3.8) is 0 Å². The van der Waals surface area contributed by atoms with Crippen LogP contribution in [0.3, 0.4) is 0 Å². The third kappa shape index (κ3) is 2.63. The molecular weight excluding hydrogens is 350 g/mol. The number of fused-ring (bicyclic) bond motifs is 2. The minimum atomic E-state index is -0.452. The van der Waals surface area contributed by atoms with Crippen LogP contribution in [0.2, 0.25) is 0 Å². The van der Waals surface area contributed by atoms with E-state index in [1.807, 2.05) is 78.9 Å². The van der Waals surface area contributed by atoms with Crippen molar-refractivity contribution in [2.45, 2.75) is 18.5 Å². The number of amides is 3. The van der Waals surface area contributed by atoms with Crippen LogP contribution in [0, 0.1) is 0 Å². The summed E-state index contributed by atoms with van der Waals surface area (Å²) < 4.78 is 0. The first-order chi connectivity index (χ1) is 13.7. The molecule has 2 unspecified atom stereocenters. The molecule has 0 spiro atoms. The highest BCUT2D eigenvalue weighted by Crippen LogP contribution is 2.47. The van der Waals surface area contributed by atoms with Crippen LogP contribution < -0.4 is 10.6 Å². The lowest BCUT2D eigenvalue weighted by Crippen LogP contribution is -2.45. The van der Waals surface area contributed by atoms with Crippen molar-refractivity contribution in [3.8, 4) is 0 Å². The highest BCUT2D eigenvalue weighted by molar-refractivity contribution is 6.05. The SMILES string of the molecule is O=C1Nc2ccccc2C1C1c2ccccc2NC(=O)N1Cc1ccccc1. The van der Waals surface area contributed by atoms with Crippen molar-refractivity contribution in [3.05, 3.63) is 95.6 Å². The molecule has 0 aromatic heterocycles. The molecule has 0 bridgehead atoms. The molecule has 138 valence electrons. The Labute approximate surface area is 163 Å². The fraction of sp³-hybridized carbons (Fsp3) is 0.130. The van der Waals surface area contributed by atoms with Crippen LogP contribution in [-0.4, -0.2) is 16.8 Å². The first kappa shape index (κ1) is 16.6. The van der Waals surface area contributed by atoms with E-state index in [0.29, 0.717) is 6.54 Å². The summed E-state index contributed by atoms with van der Waals surface area (Å²) in [6.45, 7) is 0.428. The summed E-state index contributed by atoms with van der Waals surface area (Å²) in [5.74, 6) is -0.527. The topological polar surface area (TPSA) is 61.4 Å². The lowest BCUT2D eigenvalue weighted by Gasteiger charge is -2.40. The van der Waals surface area contributed by atoms with Crippen molar-refractivity contribution in [2.24, 2.45) is 0 Å². The number of para-hydroxylation sites is 2. The van der Waals surface area contributed by atoms with Gasteiger partial charge in [0.1, 0.15) is 0 Å². The fourth-order valence-electron chi connectivity index (χ4n) is 4.21. The van der Waals surface area contributed by atoms with E-state index in [-0.39, 0.29) is 18.0 Å². The molecule has 2 aliphatic heterocycles. The van der Waals surface area contributed by atoms with Gasteiger partial charge in [-0.05, 0) is 28.8 Å². The zero-order valence-corrected chi connectivity index (χ0v) is 15.1. The number of nitrogens with zero attached hydrogens (tertiary/aromatic N) is 1.